The van der Waals surface area contributed by atoms with Crippen molar-refractivity contribution in [3.8, 4) is 11.5 Å². The molecule has 146 valence electrons. The summed E-state index contributed by atoms with van der Waals surface area (Å²) in [6.45, 7) is 6.31. The Kier molecular flexibility index (Phi) is 4.95. The van der Waals surface area contributed by atoms with E-state index < -0.39 is 0 Å². The molecule has 1 unspecified atom stereocenters. The second-order valence-electron chi connectivity index (χ2n) is 8.01. The van der Waals surface area contributed by atoms with Gasteiger partial charge in [-0.1, -0.05) is 6.92 Å². The van der Waals surface area contributed by atoms with E-state index in [-0.39, 0.29) is 29.6 Å². The number of rotatable bonds is 4. The van der Waals surface area contributed by atoms with Crippen molar-refractivity contribution in [3.63, 3.8) is 0 Å². The molecule has 0 aromatic heterocycles. The lowest BCUT2D eigenvalue weighted by Gasteiger charge is -2.34. The molecule has 7 heteroatoms. The summed E-state index contributed by atoms with van der Waals surface area (Å²) >= 11 is 0. The summed E-state index contributed by atoms with van der Waals surface area (Å²) in [6.07, 6.45) is 2.36. The number of anilines is 1. The molecule has 3 aliphatic heterocycles. The van der Waals surface area contributed by atoms with Crippen molar-refractivity contribution in [2.45, 2.75) is 26.2 Å². The molecule has 2 fully saturated rings. The van der Waals surface area contributed by atoms with Crippen LogP contribution in [0.4, 0.5) is 5.69 Å². The molecule has 0 saturated carbocycles. The van der Waals surface area contributed by atoms with Crippen LogP contribution in [0, 0.1) is 11.3 Å². The Balaban J connectivity index is 1.37. The zero-order valence-corrected chi connectivity index (χ0v) is 15.8. The van der Waals surface area contributed by atoms with E-state index in [1.165, 1.54) is 0 Å². The molecule has 3 aliphatic rings. The third-order valence-corrected chi connectivity index (χ3v) is 5.83. The van der Waals surface area contributed by atoms with E-state index in [0.29, 0.717) is 37.8 Å². The number of piperidine rings is 1. The Bertz CT molecular complexity index is 730. The normalized spacial score (nSPS) is 24.0. The Morgan fingerprint density at radius 3 is 2.78 bits per heavy atom. The molecule has 2 N–H and O–H groups in total. The predicted octanol–water partition coefficient (Wildman–Crippen LogP) is 1.32. The lowest BCUT2D eigenvalue weighted by Crippen LogP contribution is -2.44. The van der Waals surface area contributed by atoms with Crippen molar-refractivity contribution in [1.82, 2.24) is 10.6 Å². The van der Waals surface area contributed by atoms with Crippen LogP contribution in [0.1, 0.15) is 26.2 Å². The fourth-order valence-electron chi connectivity index (χ4n) is 3.98. The molecular formula is C20H27N3O4. The first kappa shape index (κ1) is 18.1. The van der Waals surface area contributed by atoms with Crippen LogP contribution in [0.5, 0.6) is 11.5 Å². The Morgan fingerprint density at radius 2 is 2.00 bits per heavy atom. The van der Waals surface area contributed by atoms with E-state index >= 15 is 0 Å². The third kappa shape index (κ3) is 3.88. The number of fused-ring (bicyclic) bond motifs is 1. The standard InChI is InChI=1S/C20H27N3O4/c1-20(4-6-21-7-5-20)13-22-19(25)14-10-18(24)23(12-14)15-2-3-16-17(11-15)27-9-8-26-16/h2-3,11,14,21H,4-10,12-13H2,1H3,(H,22,25). The molecule has 0 bridgehead atoms. The van der Waals surface area contributed by atoms with Gasteiger partial charge >= 0.3 is 0 Å². The van der Waals surface area contributed by atoms with Crippen LogP contribution in [0.3, 0.4) is 0 Å². The van der Waals surface area contributed by atoms with Crippen LogP contribution in [0.15, 0.2) is 18.2 Å². The average molecular weight is 373 g/mol. The molecule has 7 nitrogen and oxygen atoms in total. The first-order chi connectivity index (χ1) is 13.0. The topological polar surface area (TPSA) is 79.9 Å². The number of hydrogen-bond donors (Lipinski definition) is 2. The number of amides is 2. The van der Waals surface area contributed by atoms with Crippen LogP contribution >= 0.6 is 0 Å². The molecule has 2 saturated heterocycles. The van der Waals surface area contributed by atoms with Crippen LogP contribution < -0.4 is 25.0 Å². The highest BCUT2D eigenvalue weighted by Gasteiger charge is 2.36. The van der Waals surface area contributed by atoms with Crippen LogP contribution in [0.2, 0.25) is 0 Å². The fraction of sp³-hybridized carbons (Fsp3) is 0.600. The van der Waals surface area contributed by atoms with Crippen molar-refractivity contribution in [1.29, 1.82) is 0 Å². The summed E-state index contributed by atoms with van der Waals surface area (Å²) in [6, 6.07) is 5.49. The zero-order valence-electron chi connectivity index (χ0n) is 15.8. The van der Waals surface area contributed by atoms with Crippen molar-refractivity contribution >= 4 is 17.5 Å². The highest BCUT2D eigenvalue weighted by molar-refractivity contribution is 6.00. The molecular weight excluding hydrogens is 346 g/mol. The van der Waals surface area contributed by atoms with E-state index in [1.54, 1.807) is 4.90 Å². The quantitative estimate of drug-likeness (QED) is 0.832. The second kappa shape index (κ2) is 7.38. The van der Waals surface area contributed by atoms with E-state index in [1.807, 2.05) is 18.2 Å². The zero-order chi connectivity index (χ0) is 18.9. The molecule has 27 heavy (non-hydrogen) atoms. The monoisotopic (exact) mass is 373 g/mol. The number of hydrogen-bond acceptors (Lipinski definition) is 5. The molecule has 1 aromatic carbocycles. The van der Waals surface area contributed by atoms with Crippen LogP contribution in [-0.2, 0) is 9.59 Å². The summed E-state index contributed by atoms with van der Waals surface area (Å²) in [5.74, 6) is 0.985. The molecule has 2 amide bonds. The summed E-state index contributed by atoms with van der Waals surface area (Å²) in [4.78, 5) is 26.8. The predicted molar refractivity (Wildman–Crippen MR) is 101 cm³/mol. The maximum Gasteiger partial charge on any atom is 0.227 e. The number of ether oxygens (including phenoxy) is 2. The number of nitrogens with one attached hydrogen (secondary N) is 2. The first-order valence-electron chi connectivity index (χ1n) is 9.73. The van der Waals surface area contributed by atoms with Crippen molar-refractivity contribution in [2.24, 2.45) is 11.3 Å². The highest BCUT2D eigenvalue weighted by Crippen LogP contribution is 2.36. The molecule has 0 spiro atoms. The molecule has 1 aromatic rings. The minimum absolute atomic E-state index is 0.0249. The minimum Gasteiger partial charge on any atom is -0.486 e. The Labute approximate surface area is 159 Å². The number of carbonyl (C=O) groups excluding carboxylic acids is 2. The van der Waals surface area contributed by atoms with Gasteiger partial charge in [0.2, 0.25) is 11.8 Å². The van der Waals surface area contributed by atoms with E-state index in [2.05, 4.69) is 17.6 Å². The third-order valence-electron chi connectivity index (χ3n) is 5.83. The summed E-state index contributed by atoms with van der Waals surface area (Å²) in [5, 5.41) is 6.44. The van der Waals surface area contributed by atoms with E-state index in [0.717, 1.165) is 31.6 Å². The summed E-state index contributed by atoms with van der Waals surface area (Å²) < 4.78 is 11.1. The minimum atomic E-state index is -0.309. The molecule has 1 atom stereocenters. The maximum atomic E-state index is 12.6. The average Bonchev–Trinajstić information content (AvgIpc) is 3.08. The van der Waals surface area contributed by atoms with E-state index in [4.69, 9.17) is 9.47 Å². The van der Waals surface area contributed by atoms with Gasteiger partial charge in [0, 0.05) is 31.3 Å². The smallest absolute Gasteiger partial charge is 0.227 e. The van der Waals surface area contributed by atoms with Gasteiger partial charge in [-0.15, -0.1) is 0 Å². The summed E-state index contributed by atoms with van der Waals surface area (Å²) in [5.41, 5.74) is 0.892. The van der Waals surface area contributed by atoms with Gasteiger partial charge in [0.15, 0.2) is 11.5 Å². The highest BCUT2D eigenvalue weighted by atomic mass is 16.6. The van der Waals surface area contributed by atoms with Gasteiger partial charge in [-0.2, -0.15) is 0 Å². The lowest BCUT2D eigenvalue weighted by molar-refractivity contribution is -0.126. The molecule has 3 heterocycles. The SMILES string of the molecule is CC1(CNC(=O)C2CC(=O)N(c3ccc4c(c3)OCCO4)C2)CCNCC1. The van der Waals surface area contributed by atoms with Crippen molar-refractivity contribution < 1.29 is 19.1 Å². The van der Waals surface area contributed by atoms with Crippen molar-refractivity contribution in [3.05, 3.63) is 18.2 Å². The largest absolute Gasteiger partial charge is 0.486 e. The van der Waals surface area contributed by atoms with Gasteiger partial charge < -0.3 is 25.0 Å². The van der Waals surface area contributed by atoms with Crippen LogP contribution in [0.25, 0.3) is 0 Å². The van der Waals surface area contributed by atoms with Crippen LogP contribution in [-0.4, -0.2) is 51.2 Å². The first-order valence-corrected chi connectivity index (χ1v) is 9.73. The van der Waals surface area contributed by atoms with E-state index in [9.17, 15) is 9.59 Å². The maximum absolute atomic E-state index is 12.6. The lowest BCUT2D eigenvalue weighted by atomic mass is 9.81. The molecule has 0 radical (unpaired) electrons. The Hall–Kier alpha value is -2.28. The van der Waals surface area contributed by atoms with Gasteiger partial charge in [-0.05, 0) is 43.5 Å². The second-order valence-corrected chi connectivity index (χ2v) is 8.01. The molecule has 0 aliphatic carbocycles. The molecule has 4 rings (SSSR count). The Morgan fingerprint density at radius 1 is 1.26 bits per heavy atom. The number of benzene rings is 1. The summed E-state index contributed by atoms with van der Waals surface area (Å²) in [7, 11) is 0. The van der Waals surface area contributed by atoms with Gasteiger partial charge in [-0.25, -0.2) is 0 Å². The van der Waals surface area contributed by atoms with Gasteiger partial charge in [0.25, 0.3) is 0 Å². The van der Waals surface area contributed by atoms with Gasteiger partial charge in [0.1, 0.15) is 13.2 Å². The number of nitrogens with zero attached hydrogens (tertiary/aromatic N) is 1. The van der Waals surface area contributed by atoms with Crippen molar-refractivity contribution in [2.75, 3.05) is 44.3 Å². The van der Waals surface area contributed by atoms with Gasteiger partial charge in [0.05, 0.1) is 5.92 Å². The number of carbonyl (C=O) groups is 2. The fourth-order valence-corrected chi connectivity index (χ4v) is 3.98. The van der Waals surface area contributed by atoms with Gasteiger partial charge in [-0.3, -0.25) is 9.59 Å².